The lowest BCUT2D eigenvalue weighted by Gasteiger charge is -2.17. The van der Waals surface area contributed by atoms with Crippen molar-refractivity contribution in [2.45, 2.75) is 39.2 Å². The van der Waals surface area contributed by atoms with Gasteiger partial charge in [-0.1, -0.05) is 36.3 Å². The molecule has 1 N–H and O–H groups in total. The van der Waals surface area contributed by atoms with Gasteiger partial charge in [0.1, 0.15) is 0 Å². The Kier molecular flexibility index (Phi) is 6.20. The van der Waals surface area contributed by atoms with E-state index in [0.717, 1.165) is 29.7 Å². The highest BCUT2D eigenvalue weighted by Crippen LogP contribution is 2.30. The maximum atomic E-state index is 12.9. The fourth-order valence-electron chi connectivity index (χ4n) is 3.60. The summed E-state index contributed by atoms with van der Waals surface area (Å²) in [5, 5.41) is 12.7. The average molecular weight is 392 g/mol. The van der Waals surface area contributed by atoms with E-state index in [1.54, 1.807) is 36.1 Å². The van der Waals surface area contributed by atoms with Crippen molar-refractivity contribution in [3.63, 3.8) is 0 Å². The fourth-order valence-corrected chi connectivity index (χ4v) is 3.60. The van der Waals surface area contributed by atoms with Gasteiger partial charge in [-0.15, -0.1) is 0 Å². The summed E-state index contributed by atoms with van der Waals surface area (Å²) >= 11 is 0. The topological polar surface area (TPSA) is 106 Å². The minimum absolute atomic E-state index is 0.0392. The maximum absolute atomic E-state index is 12.9. The number of nitrogens with zero attached hydrogens (tertiary/aromatic N) is 4. The van der Waals surface area contributed by atoms with E-state index in [1.807, 2.05) is 12.1 Å². The van der Waals surface area contributed by atoms with Gasteiger partial charge in [-0.3, -0.25) is 9.59 Å². The second kappa shape index (κ2) is 8.80. The summed E-state index contributed by atoms with van der Waals surface area (Å²) in [6.07, 6.45) is 1.63. The average Bonchev–Trinajstić information content (AvgIpc) is 3.04. The third-order valence-electron chi connectivity index (χ3n) is 5.42. The molecule has 0 radical (unpaired) electrons. The molecule has 150 valence electrons. The Balaban J connectivity index is 1.72. The molecule has 0 saturated heterocycles. The van der Waals surface area contributed by atoms with Gasteiger partial charge >= 0.3 is 5.97 Å². The zero-order valence-corrected chi connectivity index (χ0v) is 16.6. The molecule has 1 heterocycles. The molecule has 2 aromatic carbocycles. The molecule has 2 atom stereocenters. The summed E-state index contributed by atoms with van der Waals surface area (Å²) in [7, 11) is 0. The van der Waals surface area contributed by atoms with Gasteiger partial charge in [-0.25, -0.2) is 0 Å². The number of carboxylic acid groups (broad SMARTS) is 1. The Morgan fingerprint density at radius 1 is 1.24 bits per heavy atom. The van der Waals surface area contributed by atoms with Gasteiger partial charge in [-0.2, -0.15) is 0 Å². The SMILES string of the molecule is CC(CCN=[N+]=[N-])Cc1ccc2c(c1)C(=O)N(c1ccc(C(C)C(=O)O)cc1)C2. The maximum Gasteiger partial charge on any atom is 0.310 e. The number of carboxylic acids is 1. The molecule has 7 heteroatoms. The number of benzene rings is 2. The Bertz CT molecular complexity index is 965. The van der Waals surface area contributed by atoms with Crippen LogP contribution < -0.4 is 4.90 Å². The minimum Gasteiger partial charge on any atom is -0.481 e. The Morgan fingerprint density at radius 2 is 1.97 bits per heavy atom. The summed E-state index contributed by atoms with van der Waals surface area (Å²) in [4.78, 5) is 28.6. The predicted molar refractivity (Wildman–Crippen MR) is 111 cm³/mol. The highest BCUT2D eigenvalue weighted by molar-refractivity contribution is 6.10. The molecule has 29 heavy (non-hydrogen) atoms. The quantitative estimate of drug-likeness (QED) is 0.391. The van der Waals surface area contributed by atoms with Crippen LogP contribution in [0.1, 0.15) is 53.2 Å². The smallest absolute Gasteiger partial charge is 0.310 e. The first-order valence-corrected chi connectivity index (χ1v) is 9.68. The lowest BCUT2D eigenvalue weighted by molar-refractivity contribution is -0.138. The third-order valence-corrected chi connectivity index (χ3v) is 5.42. The molecule has 1 amide bonds. The predicted octanol–water partition coefficient (Wildman–Crippen LogP) is 4.91. The van der Waals surface area contributed by atoms with Crippen LogP contribution in [-0.2, 0) is 17.8 Å². The first-order valence-electron chi connectivity index (χ1n) is 9.68. The Labute approximate surface area is 169 Å². The standard InChI is InChI=1S/C22H24N4O3/c1-14(9-10-24-25-23)11-16-3-4-18-13-26(21(27)20(18)12-16)19-7-5-17(6-8-19)15(2)22(28)29/h3-8,12,14-15H,9-11,13H2,1-2H3,(H,28,29). The van der Waals surface area contributed by atoms with Gasteiger partial charge in [0.2, 0.25) is 0 Å². The highest BCUT2D eigenvalue weighted by Gasteiger charge is 2.29. The number of rotatable bonds is 8. The van der Waals surface area contributed by atoms with Crippen LogP contribution in [-0.4, -0.2) is 23.5 Å². The van der Waals surface area contributed by atoms with E-state index in [2.05, 4.69) is 23.0 Å². The fraction of sp³-hybridized carbons (Fsp3) is 0.364. The van der Waals surface area contributed by atoms with Crippen LogP contribution in [0.25, 0.3) is 10.4 Å². The van der Waals surface area contributed by atoms with Gasteiger partial charge in [0, 0.05) is 22.7 Å². The molecule has 2 aromatic rings. The van der Waals surface area contributed by atoms with Crippen LogP contribution >= 0.6 is 0 Å². The van der Waals surface area contributed by atoms with Gasteiger partial charge in [0.15, 0.2) is 0 Å². The number of aliphatic carboxylic acids is 1. The first kappa shape index (κ1) is 20.4. The van der Waals surface area contributed by atoms with Crippen molar-refractivity contribution in [2.75, 3.05) is 11.4 Å². The second-order valence-electron chi connectivity index (χ2n) is 7.59. The first-order chi connectivity index (χ1) is 13.9. The summed E-state index contributed by atoms with van der Waals surface area (Å²) in [5.74, 6) is -1.14. The van der Waals surface area contributed by atoms with E-state index in [1.165, 1.54) is 0 Å². The number of hydrogen-bond acceptors (Lipinski definition) is 3. The lowest BCUT2D eigenvalue weighted by atomic mass is 9.96. The molecule has 0 fully saturated rings. The van der Waals surface area contributed by atoms with Crippen molar-refractivity contribution in [1.82, 2.24) is 0 Å². The van der Waals surface area contributed by atoms with E-state index in [4.69, 9.17) is 10.6 Å². The van der Waals surface area contributed by atoms with E-state index in [9.17, 15) is 9.59 Å². The van der Waals surface area contributed by atoms with Crippen molar-refractivity contribution in [3.8, 4) is 0 Å². The van der Waals surface area contributed by atoms with E-state index < -0.39 is 11.9 Å². The molecular weight excluding hydrogens is 368 g/mol. The van der Waals surface area contributed by atoms with Crippen LogP contribution in [0, 0.1) is 5.92 Å². The number of fused-ring (bicyclic) bond motifs is 1. The van der Waals surface area contributed by atoms with Gasteiger partial charge in [0.05, 0.1) is 12.5 Å². The van der Waals surface area contributed by atoms with Crippen molar-refractivity contribution in [3.05, 3.63) is 75.2 Å². The van der Waals surface area contributed by atoms with Crippen molar-refractivity contribution in [1.29, 1.82) is 0 Å². The molecule has 0 spiro atoms. The Morgan fingerprint density at radius 3 is 2.62 bits per heavy atom. The number of carbonyl (C=O) groups is 2. The van der Waals surface area contributed by atoms with Crippen molar-refractivity contribution >= 4 is 17.6 Å². The molecule has 0 aromatic heterocycles. The monoisotopic (exact) mass is 392 g/mol. The normalized spacial score (nSPS) is 14.8. The lowest BCUT2D eigenvalue weighted by Crippen LogP contribution is -2.23. The minimum atomic E-state index is -0.872. The van der Waals surface area contributed by atoms with Gasteiger partial charge < -0.3 is 10.0 Å². The van der Waals surface area contributed by atoms with Crippen LogP contribution in [0.5, 0.6) is 0 Å². The zero-order valence-electron chi connectivity index (χ0n) is 16.6. The number of anilines is 1. The summed E-state index contributed by atoms with van der Waals surface area (Å²) < 4.78 is 0. The molecule has 0 saturated carbocycles. The molecule has 3 rings (SSSR count). The van der Waals surface area contributed by atoms with Crippen molar-refractivity contribution < 1.29 is 14.7 Å². The number of amides is 1. The zero-order chi connectivity index (χ0) is 21.0. The summed E-state index contributed by atoms with van der Waals surface area (Å²) in [6, 6.07) is 13.2. The molecule has 7 nitrogen and oxygen atoms in total. The van der Waals surface area contributed by atoms with E-state index in [0.29, 0.717) is 30.1 Å². The third kappa shape index (κ3) is 4.58. The van der Waals surface area contributed by atoms with Gasteiger partial charge in [0.25, 0.3) is 5.91 Å². The molecule has 1 aliphatic rings. The van der Waals surface area contributed by atoms with Crippen LogP contribution in [0.3, 0.4) is 0 Å². The van der Waals surface area contributed by atoms with Crippen LogP contribution in [0.4, 0.5) is 5.69 Å². The van der Waals surface area contributed by atoms with Gasteiger partial charge in [-0.05, 0) is 66.1 Å². The molecular formula is C22H24N4O3. The molecule has 1 aliphatic heterocycles. The van der Waals surface area contributed by atoms with Crippen LogP contribution in [0.15, 0.2) is 47.6 Å². The number of carbonyl (C=O) groups excluding carboxylic acids is 1. The summed E-state index contributed by atoms with van der Waals surface area (Å²) in [5.41, 5.74) is 12.7. The molecule has 0 bridgehead atoms. The second-order valence-corrected chi connectivity index (χ2v) is 7.59. The van der Waals surface area contributed by atoms with Crippen LogP contribution in [0.2, 0.25) is 0 Å². The van der Waals surface area contributed by atoms with E-state index >= 15 is 0 Å². The number of hydrogen-bond donors (Lipinski definition) is 1. The van der Waals surface area contributed by atoms with E-state index in [-0.39, 0.29) is 5.91 Å². The Hall–Kier alpha value is -3.31. The molecule has 2 unspecified atom stereocenters. The number of azide groups is 1. The highest BCUT2D eigenvalue weighted by atomic mass is 16.4. The summed E-state index contributed by atoms with van der Waals surface area (Å²) in [6.45, 7) is 4.73. The molecule has 0 aliphatic carbocycles. The largest absolute Gasteiger partial charge is 0.481 e. The van der Waals surface area contributed by atoms with Crippen molar-refractivity contribution in [2.24, 2.45) is 11.0 Å².